The number of halogens is 1. The summed E-state index contributed by atoms with van der Waals surface area (Å²) in [6.45, 7) is 9.38. The molecule has 0 radical (unpaired) electrons. The van der Waals surface area contributed by atoms with Crippen molar-refractivity contribution in [3.05, 3.63) is 65.3 Å². The van der Waals surface area contributed by atoms with Gasteiger partial charge in [-0.05, 0) is 89.4 Å². The number of hydrogen-bond acceptors (Lipinski definition) is 9. The number of sulfonamides is 1. The largest absolute Gasteiger partial charge is 0.490 e. The van der Waals surface area contributed by atoms with Gasteiger partial charge >= 0.3 is 6.03 Å². The van der Waals surface area contributed by atoms with E-state index < -0.39 is 33.9 Å². The number of nitrogens with one attached hydrogen (secondary N) is 2. The molecule has 2 aromatic carbocycles. The normalized spacial score (nSPS) is 20.0. The van der Waals surface area contributed by atoms with Crippen molar-refractivity contribution in [2.45, 2.75) is 77.0 Å². The average molecular weight is 704 g/mol. The number of aliphatic hydroxyl groups is 1. The number of ether oxygens (including phenoxy) is 2. The molecule has 4 rings (SSSR count). The number of likely N-dealkylation sites (N-methyl/N-ethyl adjacent to an activating group) is 1. The fourth-order valence-corrected chi connectivity index (χ4v) is 6.54. The second-order valence-corrected chi connectivity index (χ2v) is 14.3. The lowest BCUT2D eigenvalue weighted by Gasteiger charge is -2.35. The average Bonchev–Trinajstić information content (AvgIpc) is 3.38. The molecule has 0 saturated carbocycles. The third kappa shape index (κ3) is 9.70. The number of rotatable bonds is 8. The number of amides is 3. The SMILES string of the molecule is Cc1noc(C)c1NC(=O)N(C)C[C@H]1OCCCC[C@@H](C)Oc2ccc(NS(=O)(=O)c3ccc(F)cc3)cc2C(=O)N([C@@H](C)CO)C[C@@H]1C. The van der Waals surface area contributed by atoms with E-state index in [0.29, 0.717) is 30.2 Å². The Kier molecular flexibility index (Phi) is 12.6. The quantitative estimate of drug-likeness (QED) is 0.287. The van der Waals surface area contributed by atoms with E-state index in [9.17, 15) is 27.5 Å². The molecule has 4 atom stereocenters. The van der Waals surface area contributed by atoms with Gasteiger partial charge in [-0.3, -0.25) is 9.52 Å². The van der Waals surface area contributed by atoms with Crippen LogP contribution in [0, 0.1) is 25.6 Å². The third-order valence-corrected chi connectivity index (χ3v) is 9.89. The highest BCUT2D eigenvalue weighted by molar-refractivity contribution is 7.92. The Hall–Kier alpha value is -4.21. The predicted molar refractivity (Wildman–Crippen MR) is 182 cm³/mol. The van der Waals surface area contributed by atoms with Crippen LogP contribution >= 0.6 is 0 Å². The van der Waals surface area contributed by atoms with E-state index in [1.54, 1.807) is 33.9 Å². The van der Waals surface area contributed by atoms with E-state index in [0.717, 1.165) is 37.1 Å². The highest BCUT2D eigenvalue weighted by Crippen LogP contribution is 2.30. The van der Waals surface area contributed by atoms with Crippen molar-refractivity contribution in [3.8, 4) is 5.75 Å². The van der Waals surface area contributed by atoms with E-state index in [-0.39, 0.29) is 59.6 Å². The number of aromatic nitrogens is 1. The van der Waals surface area contributed by atoms with Gasteiger partial charge in [-0.2, -0.15) is 0 Å². The van der Waals surface area contributed by atoms with E-state index >= 15 is 0 Å². The summed E-state index contributed by atoms with van der Waals surface area (Å²) in [5, 5.41) is 16.9. The lowest BCUT2D eigenvalue weighted by Crippen LogP contribution is -2.48. The van der Waals surface area contributed by atoms with Crippen LogP contribution in [-0.4, -0.2) is 92.0 Å². The monoisotopic (exact) mass is 703 g/mol. The molecule has 1 aromatic heterocycles. The number of aryl methyl sites for hydroxylation is 2. The molecule has 0 spiro atoms. The van der Waals surface area contributed by atoms with E-state index in [1.807, 2.05) is 13.8 Å². The Morgan fingerprint density at radius 3 is 2.53 bits per heavy atom. The Labute approximate surface area is 286 Å². The summed E-state index contributed by atoms with van der Waals surface area (Å²) in [6.07, 6.45) is 1.41. The lowest BCUT2D eigenvalue weighted by molar-refractivity contribution is -0.0115. The van der Waals surface area contributed by atoms with E-state index in [2.05, 4.69) is 15.2 Å². The second-order valence-electron chi connectivity index (χ2n) is 12.6. The molecule has 2 heterocycles. The first-order valence-corrected chi connectivity index (χ1v) is 17.8. The smallest absolute Gasteiger partial charge is 0.321 e. The maximum Gasteiger partial charge on any atom is 0.321 e. The topological polar surface area (TPSA) is 164 Å². The van der Waals surface area contributed by atoms with Crippen LogP contribution in [-0.2, 0) is 14.8 Å². The van der Waals surface area contributed by atoms with Crippen molar-refractivity contribution in [1.29, 1.82) is 0 Å². The van der Waals surface area contributed by atoms with Crippen molar-refractivity contribution >= 4 is 33.3 Å². The van der Waals surface area contributed by atoms with Gasteiger partial charge in [0.1, 0.15) is 22.9 Å². The van der Waals surface area contributed by atoms with Crippen LogP contribution in [0.15, 0.2) is 51.9 Å². The van der Waals surface area contributed by atoms with E-state index in [4.69, 9.17) is 14.0 Å². The predicted octanol–water partition coefficient (Wildman–Crippen LogP) is 5.19. The lowest BCUT2D eigenvalue weighted by atomic mass is 10.0. The zero-order chi connectivity index (χ0) is 35.9. The van der Waals surface area contributed by atoms with Gasteiger partial charge in [-0.1, -0.05) is 12.1 Å². The first-order chi connectivity index (χ1) is 23.2. The molecular formula is C34H46FN5O8S. The highest BCUT2D eigenvalue weighted by atomic mass is 32.2. The minimum atomic E-state index is -4.11. The molecular weight excluding hydrogens is 657 g/mol. The van der Waals surface area contributed by atoms with Crippen LogP contribution in [0.5, 0.6) is 5.75 Å². The van der Waals surface area contributed by atoms with Crippen molar-refractivity contribution in [1.82, 2.24) is 15.0 Å². The molecule has 0 fully saturated rings. The van der Waals surface area contributed by atoms with Gasteiger partial charge in [0.05, 0.1) is 35.3 Å². The summed E-state index contributed by atoms with van der Waals surface area (Å²) in [5.41, 5.74) is 1.26. The molecule has 49 heavy (non-hydrogen) atoms. The highest BCUT2D eigenvalue weighted by Gasteiger charge is 2.31. The van der Waals surface area contributed by atoms with Crippen LogP contribution < -0.4 is 14.8 Å². The van der Waals surface area contributed by atoms with Gasteiger partial charge in [0.25, 0.3) is 15.9 Å². The first-order valence-electron chi connectivity index (χ1n) is 16.3. The maximum atomic E-state index is 14.3. The van der Waals surface area contributed by atoms with Crippen molar-refractivity contribution in [2.75, 3.05) is 43.4 Å². The molecule has 0 saturated heterocycles. The van der Waals surface area contributed by atoms with Crippen molar-refractivity contribution in [2.24, 2.45) is 5.92 Å². The fraction of sp³-hybridized carbons (Fsp3) is 0.500. The Bertz CT molecular complexity index is 1680. The molecule has 13 nitrogen and oxygen atoms in total. The zero-order valence-corrected chi connectivity index (χ0v) is 29.5. The summed E-state index contributed by atoms with van der Waals surface area (Å²) in [5.74, 6) is -0.615. The zero-order valence-electron chi connectivity index (χ0n) is 28.7. The number of benzene rings is 2. The summed E-state index contributed by atoms with van der Waals surface area (Å²) in [4.78, 5) is 30.4. The number of hydrogen-bond donors (Lipinski definition) is 3. The number of fused-ring (bicyclic) bond motifs is 1. The van der Waals surface area contributed by atoms with E-state index in [1.165, 1.54) is 21.9 Å². The molecule has 15 heteroatoms. The fourth-order valence-electron chi connectivity index (χ4n) is 5.49. The molecule has 0 aliphatic carbocycles. The van der Waals surface area contributed by atoms with Crippen molar-refractivity contribution < 1.29 is 41.5 Å². The summed E-state index contributed by atoms with van der Waals surface area (Å²) >= 11 is 0. The minimum Gasteiger partial charge on any atom is -0.490 e. The molecule has 0 unspecified atom stereocenters. The first kappa shape index (κ1) is 37.6. The van der Waals surface area contributed by atoms with Gasteiger partial charge in [0, 0.05) is 38.3 Å². The van der Waals surface area contributed by atoms with Gasteiger partial charge in [-0.25, -0.2) is 17.6 Å². The van der Waals surface area contributed by atoms with Gasteiger partial charge < -0.3 is 34.2 Å². The van der Waals surface area contributed by atoms with Gasteiger partial charge in [0.2, 0.25) is 0 Å². The van der Waals surface area contributed by atoms with Crippen LogP contribution in [0.2, 0.25) is 0 Å². The van der Waals surface area contributed by atoms with Crippen LogP contribution in [0.4, 0.5) is 20.6 Å². The van der Waals surface area contributed by atoms with Crippen LogP contribution in [0.25, 0.3) is 0 Å². The maximum absolute atomic E-state index is 14.3. The number of nitrogens with zero attached hydrogens (tertiary/aromatic N) is 3. The number of carbonyl (C=O) groups excluding carboxylic acids is 2. The number of carbonyl (C=O) groups is 2. The standard InChI is InChI=1S/C34H46FN5O8S/c1-21-18-40(22(2)20-41)33(42)29-17-27(38-49(44,45)28-13-10-26(35)11-14-28)12-15-30(29)47-23(3)9-7-8-16-46-31(21)19-39(6)34(43)36-32-24(4)37-48-25(32)5/h10-15,17,21-23,31,38,41H,7-9,16,18-20H2,1-6H3,(H,36,43)/t21-,22-,23+,31+/m0/s1. The Morgan fingerprint density at radius 2 is 1.88 bits per heavy atom. The van der Waals surface area contributed by atoms with Crippen LogP contribution in [0.3, 0.4) is 0 Å². The molecule has 3 N–H and O–H groups in total. The van der Waals surface area contributed by atoms with Gasteiger partial charge in [-0.15, -0.1) is 0 Å². The summed E-state index contributed by atoms with van der Waals surface area (Å²) in [6, 6.07) is 7.83. The van der Waals surface area contributed by atoms with Crippen molar-refractivity contribution in [3.63, 3.8) is 0 Å². The third-order valence-electron chi connectivity index (χ3n) is 8.49. The summed E-state index contributed by atoms with van der Waals surface area (Å²) < 4.78 is 59.8. The number of anilines is 2. The molecule has 3 aromatic rings. The number of aliphatic hydroxyl groups excluding tert-OH is 1. The minimum absolute atomic E-state index is 0.101. The summed E-state index contributed by atoms with van der Waals surface area (Å²) in [7, 11) is -2.46. The van der Waals surface area contributed by atoms with Crippen LogP contribution in [0.1, 0.15) is 61.8 Å². The molecule has 3 amide bonds. The Balaban J connectivity index is 1.63. The second kappa shape index (κ2) is 16.5. The molecule has 1 aliphatic rings. The molecule has 0 bridgehead atoms. The molecule has 268 valence electrons. The number of urea groups is 1. The Morgan fingerprint density at radius 1 is 1.16 bits per heavy atom. The van der Waals surface area contributed by atoms with Gasteiger partial charge in [0.15, 0.2) is 5.76 Å². The molecule has 1 aliphatic heterocycles.